The molecule has 2 fully saturated rings. The first-order valence-electron chi connectivity index (χ1n) is 7.76. The maximum absolute atomic E-state index is 12.6. The average Bonchev–Trinajstić information content (AvgIpc) is 2.46. The Bertz CT molecular complexity index is 362. The second-order valence-corrected chi connectivity index (χ2v) is 6.29. The van der Waals surface area contributed by atoms with E-state index in [1.165, 1.54) is 0 Å². The molecule has 1 N–H and O–H groups in total. The number of carboxylic acid groups (broad SMARTS) is 1. The number of carboxylic acids is 1. The van der Waals surface area contributed by atoms with Gasteiger partial charge in [-0.1, -0.05) is 12.8 Å². The summed E-state index contributed by atoms with van der Waals surface area (Å²) in [5.74, 6) is -1.50. The molecule has 0 aromatic heterocycles. The van der Waals surface area contributed by atoms with Crippen LogP contribution in [0.4, 0.5) is 0 Å². The second-order valence-electron chi connectivity index (χ2n) is 6.29. The number of piperazine rings is 1. The van der Waals surface area contributed by atoms with Crippen molar-refractivity contribution in [3.8, 4) is 0 Å². The number of aliphatic carboxylic acids is 1. The highest BCUT2D eigenvalue weighted by Gasteiger charge is 2.38. The Morgan fingerprint density at radius 3 is 2.05 bits per heavy atom. The van der Waals surface area contributed by atoms with Crippen molar-refractivity contribution in [3.63, 3.8) is 0 Å². The van der Waals surface area contributed by atoms with E-state index in [0.29, 0.717) is 12.5 Å². The van der Waals surface area contributed by atoms with E-state index in [2.05, 4.69) is 18.7 Å². The molecule has 114 valence electrons. The number of carbonyl (C=O) groups is 2. The van der Waals surface area contributed by atoms with E-state index in [4.69, 9.17) is 0 Å². The van der Waals surface area contributed by atoms with E-state index < -0.39 is 11.9 Å². The maximum Gasteiger partial charge on any atom is 0.307 e. The quantitative estimate of drug-likeness (QED) is 0.850. The molecule has 5 heteroatoms. The summed E-state index contributed by atoms with van der Waals surface area (Å²) in [6.07, 6.45) is 3.30. The van der Waals surface area contributed by atoms with Gasteiger partial charge in [-0.15, -0.1) is 0 Å². The van der Waals surface area contributed by atoms with Crippen molar-refractivity contribution in [3.05, 3.63) is 0 Å². The van der Waals surface area contributed by atoms with Gasteiger partial charge in [-0.3, -0.25) is 14.5 Å². The van der Waals surface area contributed by atoms with Crippen LogP contribution in [0, 0.1) is 11.8 Å². The van der Waals surface area contributed by atoms with Gasteiger partial charge in [-0.05, 0) is 26.7 Å². The van der Waals surface area contributed by atoms with Crippen molar-refractivity contribution >= 4 is 11.9 Å². The molecule has 1 saturated heterocycles. The lowest BCUT2D eigenvalue weighted by atomic mass is 9.78. The molecule has 1 aliphatic carbocycles. The molecule has 2 rings (SSSR count). The van der Waals surface area contributed by atoms with Gasteiger partial charge in [0.1, 0.15) is 0 Å². The van der Waals surface area contributed by atoms with Gasteiger partial charge in [0.05, 0.1) is 11.8 Å². The number of rotatable bonds is 3. The van der Waals surface area contributed by atoms with Crippen molar-refractivity contribution < 1.29 is 14.7 Å². The summed E-state index contributed by atoms with van der Waals surface area (Å²) in [5, 5.41) is 9.29. The fourth-order valence-corrected chi connectivity index (χ4v) is 3.42. The third-order valence-corrected chi connectivity index (χ3v) is 4.76. The molecule has 1 aliphatic heterocycles. The number of hydrogen-bond acceptors (Lipinski definition) is 3. The Labute approximate surface area is 120 Å². The van der Waals surface area contributed by atoms with Crippen LogP contribution < -0.4 is 0 Å². The first-order valence-corrected chi connectivity index (χ1v) is 7.76. The molecule has 0 spiro atoms. The summed E-state index contributed by atoms with van der Waals surface area (Å²) < 4.78 is 0. The average molecular weight is 282 g/mol. The minimum absolute atomic E-state index is 0.0699. The Morgan fingerprint density at radius 1 is 1.00 bits per heavy atom. The van der Waals surface area contributed by atoms with Gasteiger partial charge in [0, 0.05) is 32.2 Å². The molecule has 20 heavy (non-hydrogen) atoms. The molecule has 0 bridgehead atoms. The van der Waals surface area contributed by atoms with Crippen LogP contribution in [-0.2, 0) is 9.59 Å². The Kier molecular flexibility index (Phi) is 5.02. The van der Waals surface area contributed by atoms with E-state index >= 15 is 0 Å². The van der Waals surface area contributed by atoms with Crippen LogP contribution in [0.5, 0.6) is 0 Å². The molecular weight excluding hydrogens is 256 g/mol. The van der Waals surface area contributed by atoms with Gasteiger partial charge in [-0.25, -0.2) is 0 Å². The zero-order valence-electron chi connectivity index (χ0n) is 12.5. The van der Waals surface area contributed by atoms with Crippen molar-refractivity contribution in [1.82, 2.24) is 9.80 Å². The number of hydrogen-bond donors (Lipinski definition) is 1. The van der Waals surface area contributed by atoms with E-state index in [0.717, 1.165) is 45.4 Å². The summed E-state index contributed by atoms with van der Waals surface area (Å²) in [4.78, 5) is 28.1. The zero-order valence-corrected chi connectivity index (χ0v) is 12.5. The molecule has 1 saturated carbocycles. The lowest BCUT2D eigenvalue weighted by Gasteiger charge is -2.39. The van der Waals surface area contributed by atoms with E-state index in [-0.39, 0.29) is 11.8 Å². The van der Waals surface area contributed by atoms with Crippen LogP contribution in [0.3, 0.4) is 0 Å². The van der Waals surface area contributed by atoms with Crippen molar-refractivity contribution in [1.29, 1.82) is 0 Å². The molecule has 1 heterocycles. The summed E-state index contributed by atoms with van der Waals surface area (Å²) in [6.45, 7) is 7.60. The van der Waals surface area contributed by atoms with Crippen LogP contribution in [0.1, 0.15) is 39.5 Å². The van der Waals surface area contributed by atoms with Gasteiger partial charge >= 0.3 is 5.97 Å². The maximum atomic E-state index is 12.6. The van der Waals surface area contributed by atoms with E-state index in [9.17, 15) is 14.7 Å². The third kappa shape index (κ3) is 3.32. The van der Waals surface area contributed by atoms with E-state index in [1.54, 1.807) is 0 Å². The predicted octanol–water partition coefficient (Wildman–Crippen LogP) is 1.43. The first-order chi connectivity index (χ1) is 9.50. The van der Waals surface area contributed by atoms with Crippen molar-refractivity contribution in [2.45, 2.75) is 45.6 Å². The van der Waals surface area contributed by atoms with Gasteiger partial charge in [0.15, 0.2) is 0 Å². The second kappa shape index (κ2) is 6.57. The minimum Gasteiger partial charge on any atom is -0.481 e. The van der Waals surface area contributed by atoms with Crippen LogP contribution in [-0.4, -0.2) is 59.0 Å². The largest absolute Gasteiger partial charge is 0.481 e. The molecular formula is C15H26N2O3. The molecule has 0 aromatic rings. The van der Waals surface area contributed by atoms with Crippen LogP contribution >= 0.6 is 0 Å². The fraction of sp³-hybridized carbons (Fsp3) is 0.867. The Morgan fingerprint density at radius 2 is 1.55 bits per heavy atom. The molecule has 2 atom stereocenters. The van der Waals surface area contributed by atoms with Crippen molar-refractivity contribution in [2.75, 3.05) is 26.2 Å². The third-order valence-electron chi connectivity index (χ3n) is 4.76. The molecule has 2 aliphatic rings. The summed E-state index contributed by atoms with van der Waals surface area (Å²) >= 11 is 0. The Balaban J connectivity index is 1.95. The molecule has 5 nitrogen and oxygen atoms in total. The molecule has 0 radical (unpaired) electrons. The van der Waals surface area contributed by atoms with Gasteiger partial charge < -0.3 is 10.0 Å². The lowest BCUT2D eigenvalue weighted by Crippen LogP contribution is -2.53. The van der Waals surface area contributed by atoms with Crippen LogP contribution in [0.15, 0.2) is 0 Å². The van der Waals surface area contributed by atoms with Gasteiger partial charge in [-0.2, -0.15) is 0 Å². The van der Waals surface area contributed by atoms with Crippen LogP contribution in [0.2, 0.25) is 0 Å². The Hall–Kier alpha value is -1.10. The summed E-state index contributed by atoms with van der Waals surface area (Å²) in [7, 11) is 0. The summed E-state index contributed by atoms with van der Waals surface area (Å²) in [5.41, 5.74) is 0. The molecule has 0 aromatic carbocycles. The van der Waals surface area contributed by atoms with Gasteiger partial charge in [0.25, 0.3) is 0 Å². The number of amides is 1. The van der Waals surface area contributed by atoms with Crippen LogP contribution in [0.25, 0.3) is 0 Å². The first kappa shape index (κ1) is 15.3. The smallest absolute Gasteiger partial charge is 0.307 e. The topological polar surface area (TPSA) is 60.9 Å². The number of nitrogens with zero attached hydrogens (tertiary/aromatic N) is 2. The van der Waals surface area contributed by atoms with Crippen molar-refractivity contribution in [2.24, 2.45) is 11.8 Å². The zero-order chi connectivity index (χ0) is 14.7. The molecule has 0 unspecified atom stereocenters. The monoisotopic (exact) mass is 282 g/mol. The SMILES string of the molecule is CC(C)N1CCN(C(=O)[C@@H]2CCCC[C@@H]2C(=O)O)CC1. The fourth-order valence-electron chi connectivity index (χ4n) is 3.42. The molecule has 1 amide bonds. The standard InChI is InChI=1S/C15H26N2O3/c1-11(2)16-7-9-17(10-8-16)14(18)12-5-3-4-6-13(12)15(19)20/h11-13H,3-10H2,1-2H3,(H,19,20)/t12-,13+/m1/s1. The van der Waals surface area contributed by atoms with Gasteiger partial charge in [0.2, 0.25) is 5.91 Å². The normalized spacial score (nSPS) is 28.6. The number of carbonyl (C=O) groups excluding carboxylic acids is 1. The summed E-state index contributed by atoms with van der Waals surface area (Å²) in [6, 6.07) is 0.508. The minimum atomic E-state index is -0.802. The predicted molar refractivity (Wildman–Crippen MR) is 76.4 cm³/mol. The highest BCUT2D eigenvalue weighted by molar-refractivity contribution is 5.85. The van der Waals surface area contributed by atoms with E-state index in [1.807, 2.05) is 4.90 Å². The highest BCUT2D eigenvalue weighted by Crippen LogP contribution is 2.32. The lowest BCUT2D eigenvalue weighted by molar-refractivity contribution is -0.153. The highest BCUT2D eigenvalue weighted by atomic mass is 16.4.